The highest BCUT2D eigenvalue weighted by Gasteiger charge is 2.11. The SMILES string of the molecule is O=C(Cc1ccc([N+](=O)[O-])cc1)NCCn1ncc2c(NCc3ccc(F)cc3)ncnc21. The number of nitro benzene ring substituents is 1. The second-order valence-corrected chi connectivity index (χ2v) is 7.26. The van der Waals surface area contributed by atoms with E-state index >= 15 is 0 Å². The van der Waals surface area contributed by atoms with Crippen LogP contribution in [0.1, 0.15) is 11.1 Å². The zero-order valence-electron chi connectivity index (χ0n) is 17.4. The predicted molar refractivity (Wildman–Crippen MR) is 119 cm³/mol. The number of amides is 1. The van der Waals surface area contributed by atoms with E-state index in [4.69, 9.17) is 0 Å². The van der Waals surface area contributed by atoms with E-state index in [1.165, 1.54) is 30.6 Å². The van der Waals surface area contributed by atoms with Crippen LogP contribution in [0, 0.1) is 15.9 Å². The van der Waals surface area contributed by atoms with Crippen LogP contribution < -0.4 is 10.6 Å². The molecule has 0 atom stereocenters. The molecule has 2 aromatic heterocycles. The van der Waals surface area contributed by atoms with Crippen LogP contribution in [0.5, 0.6) is 0 Å². The molecule has 11 heteroatoms. The van der Waals surface area contributed by atoms with Crippen LogP contribution in [-0.2, 0) is 24.3 Å². The number of nitrogens with zero attached hydrogens (tertiary/aromatic N) is 5. The number of carbonyl (C=O) groups is 1. The highest BCUT2D eigenvalue weighted by atomic mass is 19.1. The quantitative estimate of drug-likeness (QED) is 0.297. The standard InChI is InChI=1S/C22H20FN7O3/c23-17-5-1-16(2-6-17)12-25-21-19-13-28-29(22(19)27-14-26-21)10-9-24-20(31)11-15-3-7-18(8-4-15)30(32)33/h1-8,13-14H,9-12H2,(H,24,31)(H,25,26,27). The minimum absolute atomic E-state index is 0.0155. The first-order valence-electron chi connectivity index (χ1n) is 10.1. The predicted octanol–water partition coefficient (Wildman–Crippen LogP) is 2.84. The molecule has 0 aliphatic carbocycles. The number of nitrogens with one attached hydrogen (secondary N) is 2. The third kappa shape index (κ3) is 5.45. The Kier molecular flexibility index (Phi) is 6.48. The van der Waals surface area contributed by atoms with E-state index in [0.717, 1.165) is 10.9 Å². The number of rotatable bonds is 9. The lowest BCUT2D eigenvalue weighted by Crippen LogP contribution is -2.28. The molecule has 2 heterocycles. The van der Waals surface area contributed by atoms with Crippen molar-refractivity contribution in [3.05, 3.63) is 88.1 Å². The van der Waals surface area contributed by atoms with Crippen LogP contribution in [-0.4, -0.2) is 37.1 Å². The van der Waals surface area contributed by atoms with Crippen molar-refractivity contribution in [1.29, 1.82) is 0 Å². The van der Waals surface area contributed by atoms with Gasteiger partial charge in [0.2, 0.25) is 5.91 Å². The molecule has 4 rings (SSSR count). The third-order valence-electron chi connectivity index (χ3n) is 4.96. The van der Waals surface area contributed by atoms with Gasteiger partial charge in [0.15, 0.2) is 5.65 Å². The fourth-order valence-electron chi connectivity index (χ4n) is 3.27. The minimum Gasteiger partial charge on any atom is -0.365 e. The highest BCUT2D eigenvalue weighted by Crippen LogP contribution is 2.19. The molecule has 168 valence electrons. The maximum absolute atomic E-state index is 13.1. The number of hydrogen-bond donors (Lipinski definition) is 2. The summed E-state index contributed by atoms with van der Waals surface area (Å²) in [5.74, 6) is 0.124. The van der Waals surface area contributed by atoms with Crippen molar-refractivity contribution in [1.82, 2.24) is 25.1 Å². The van der Waals surface area contributed by atoms with E-state index in [-0.39, 0.29) is 23.8 Å². The maximum atomic E-state index is 13.1. The summed E-state index contributed by atoms with van der Waals surface area (Å²) in [5.41, 5.74) is 2.20. The van der Waals surface area contributed by atoms with E-state index in [0.29, 0.717) is 36.7 Å². The van der Waals surface area contributed by atoms with E-state index in [2.05, 4.69) is 25.7 Å². The number of aromatic nitrogens is 4. The van der Waals surface area contributed by atoms with Crippen molar-refractivity contribution in [2.75, 3.05) is 11.9 Å². The van der Waals surface area contributed by atoms with Crippen LogP contribution in [0.4, 0.5) is 15.9 Å². The molecule has 2 aromatic carbocycles. The van der Waals surface area contributed by atoms with Gasteiger partial charge in [-0.25, -0.2) is 19.0 Å². The summed E-state index contributed by atoms with van der Waals surface area (Å²) in [4.78, 5) is 31.0. The van der Waals surface area contributed by atoms with Crippen molar-refractivity contribution in [3.63, 3.8) is 0 Å². The van der Waals surface area contributed by atoms with E-state index < -0.39 is 4.92 Å². The topological polar surface area (TPSA) is 128 Å². The molecule has 0 unspecified atom stereocenters. The Balaban J connectivity index is 1.32. The third-order valence-corrected chi connectivity index (χ3v) is 4.96. The van der Waals surface area contributed by atoms with Gasteiger partial charge < -0.3 is 10.6 Å². The van der Waals surface area contributed by atoms with Crippen LogP contribution in [0.15, 0.2) is 61.1 Å². The smallest absolute Gasteiger partial charge is 0.269 e. The average molecular weight is 449 g/mol. The van der Waals surface area contributed by atoms with Gasteiger partial charge in [-0.15, -0.1) is 0 Å². The number of benzene rings is 2. The monoisotopic (exact) mass is 449 g/mol. The molecule has 33 heavy (non-hydrogen) atoms. The molecule has 10 nitrogen and oxygen atoms in total. The Morgan fingerprint density at radius 3 is 2.52 bits per heavy atom. The van der Waals surface area contributed by atoms with Crippen LogP contribution in [0.2, 0.25) is 0 Å². The molecule has 2 N–H and O–H groups in total. The average Bonchev–Trinajstić information content (AvgIpc) is 3.23. The molecule has 0 saturated heterocycles. The summed E-state index contributed by atoms with van der Waals surface area (Å²) in [7, 11) is 0. The Morgan fingerprint density at radius 1 is 1.06 bits per heavy atom. The van der Waals surface area contributed by atoms with E-state index in [9.17, 15) is 19.3 Å². The van der Waals surface area contributed by atoms with Gasteiger partial charge in [-0.1, -0.05) is 24.3 Å². The lowest BCUT2D eigenvalue weighted by Gasteiger charge is -2.08. The lowest BCUT2D eigenvalue weighted by atomic mass is 10.1. The normalized spacial score (nSPS) is 10.8. The lowest BCUT2D eigenvalue weighted by molar-refractivity contribution is -0.384. The van der Waals surface area contributed by atoms with Gasteiger partial charge >= 0.3 is 0 Å². The largest absolute Gasteiger partial charge is 0.365 e. The maximum Gasteiger partial charge on any atom is 0.269 e. The Bertz CT molecular complexity index is 1270. The minimum atomic E-state index is -0.481. The first-order valence-corrected chi connectivity index (χ1v) is 10.1. The second kappa shape index (κ2) is 9.81. The number of non-ortho nitro benzene ring substituents is 1. The van der Waals surface area contributed by atoms with Crippen molar-refractivity contribution in [2.24, 2.45) is 0 Å². The summed E-state index contributed by atoms with van der Waals surface area (Å²) < 4.78 is 14.7. The van der Waals surface area contributed by atoms with E-state index in [1.807, 2.05) is 0 Å². The first-order chi connectivity index (χ1) is 16.0. The Labute approximate surface area is 187 Å². The molecule has 0 bridgehead atoms. The van der Waals surface area contributed by atoms with Gasteiger partial charge in [0.25, 0.3) is 5.69 Å². The van der Waals surface area contributed by atoms with Crippen molar-refractivity contribution in [2.45, 2.75) is 19.5 Å². The second-order valence-electron chi connectivity index (χ2n) is 7.26. The molecular weight excluding hydrogens is 429 g/mol. The Hall–Kier alpha value is -4.41. The van der Waals surface area contributed by atoms with Gasteiger partial charge in [-0.2, -0.15) is 5.10 Å². The Morgan fingerprint density at radius 2 is 1.79 bits per heavy atom. The molecule has 0 aliphatic rings. The number of nitro groups is 1. The van der Waals surface area contributed by atoms with Crippen molar-refractivity contribution in [3.8, 4) is 0 Å². The van der Waals surface area contributed by atoms with Gasteiger partial charge in [0.1, 0.15) is 18.0 Å². The molecule has 0 spiro atoms. The number of anilines is 1. The summed E-state index contributed by atoms with van der Waals surface area (Å²) in [6.45, 7) is 1.21. The van der Waals surface area contributed by atoms with Crippen LogP contribution >= 0.6 is 0 Å². The molecule has 4 aromatic rings. The van der Waals surface area contributed by atoms with Gasteiger partial charge in [-0.05, 0) is 23.3 Å². The van der Waals surface area contributed by atoms with Crippen LogP contribution in [0.25, 0.3) is 11.0 Å². The number of carbonyl (C=O) groups excluding carboxylic acids is 1. The molecular formula is C22H20FN7O3. The van der Waals surface area contributed by atoms with Crippen molar-refractivity contribution < 1.29 is 14.1 Å². The molecule has 0 saturated carbocycles. The summed E-state index contributed by atoms with van der Waals surface area (Å²) in [5, 5.41) is 21.8. The summed E-state index contributed by atoms with van der Waals surface area (Å²) in [6.07, 6.45) is 3.21. The summed E-state index contributed by atoms with van der Waals surface area (Å²) in [6, 6.07) is 12.1. The van der Waals surface area contributed by atoms with Gasteiger partial charge in [-0.3, -0.25) is 14.9 Å². The molecule has 1 amide bonds. The molecule has 0 radical (unpaired) electrons. The number of halogens is 1. The van der Waals surface area contributed by atoms with Gasteiger partial charge in [0, 0.05) is 25.2 Å². The first kappa shape index (κ1) is 21.8. The van der Waals surface area contributed by atoms with Crippen LogP contribution in [0.3, 0.4) is 0 Å². The van der Waals surface area contributed by atoms with Crippen molar-refractivity contribution >= 4 is 28.4 Å². The zero-order valence-corrected chi connectivity index (χ0v) is 17.4. The molecule has 0 fully saturated rings. The number of hydrogen-bond acceptors (Lipinski definition) is 7. The summed E-state index contributed by atoms with van der Waals surface area (Å²) >= 11 is 0. The number of fused-ring (bicyclic) bond motifs is 1. The van der Waals surface area contributed by atoms with Gasteiger partial charge in [0.05, 0.1) is 29.5 Å². The molecule has 0 aliphatic heterocycles. The highest BCUT2D eigenvalue weighted by molar-refractivity contribution is 5.86. The zero-order chi connectivity index (χ0) is 23.2. The fraction of sp³-hybridized carbons (Fsp3) is 0.182. The fourth-order valence-corrected chi connectivity index (χ4v) is 3.27. The van der Waals surface area contributed by atoms with E-state index in [1.54, 1.807) is 35.1 Å².